The molecule has 1 aliphatic heterocycles. The van der Waals surface area contributed by atoms with Crippen LogP contribution in [-0.2, 0) is 16.1 Å². The molecular formula is C21H24N2O4S. The number of ether oxygens (including phenoxy) is 3. The van der Waals surface area contributed by atoms with E-state index in [0.29, 0.717) is 31.3 Å². The molecule has 0 aromatic heterocycles. The van der Waals surface area contributed by atoms with E-state index in [1.54, 1.807) is 13.2 Å². The Labute approximate surface area is 170 Å². The van der Waals surface area contributed by atoms with Crippen molar-refractivity contribution in [2.45, 2.75) is 6.54 Å². The molecule has 0 aliphatic carbocycles. The number of carbonyl (C=O) groups is 1. The van der Waals surface area contributed by atoms with E-state index in [2.05, 4.69) is 10.2 Å². The number of thiocarbonyl (C=S) groups is 1. The number of amides is 1. The van der Waals surface area contributed by atoms with Crippen LogP contribution in [0.2, 0.25) is 0 Å². The first-order valence-electron chi connectivity index (χ1n) is 9.16. The van der Waals surface area contributed by atoms with Crippen LogP contribution in [0.4, 0.5) is 0 Å². The number of morpholine rings is 1. The Balaban J connectivity index is 1.56. The Morgan fingerprint density at radius 1 is 1.14 bits per heavy atom. The second-order valence-electron chi connectivity index (χ2n) is 6.32. The predicted molar refractivity (Wildman–Crippen MR) is 111 cm³/mol. The van der Waals surface area contributed by atoms with E-state index in [-0.39, 0.29) is 12.5 Å². The normalized spacial score (nSPS) is 13.7. The predicted octanol–water partition coefficient (Wildman–Crippen LogP) is 2.40. The van der Waals surface area contributed by atoms with Crippen LogP contribution in [0.3, 0.4) is 0 Å². The highest BCUT2D eigenvalue weighted by Crippen LogP contribution is 2.29. The third kappa shape index (κ3) is 5.43. The molecule has 1 fully saturated rings. The number of hydrogen-bond donors (Lipinski definition) is 1. The fraction of sp³-hybridized carbons (Fsp3) is 0.333. The van der Waals surface area contributed by atoms with Gasteiger partial charge in [-0.25, -0.2) is 0 Å². The first kappa shape index (κ1) is 20.1. The summed E-state index contributed by atoms with van der Waals surface area (Å²) >= 11 is 5.59. The number of nitrogens with zero attached hydrogens (tertiary/aromatic N) is 1. The summed E-state index contributed by atoms with van der Waals surface area (Å²) in [4.78, 5) is 14.9. The molecule has 1 heterocycles. The molecule has 0 bridgehead atoms. The van der Waals surface area contributed by atoms with Gasteiger partial charge >= 0.3 is 0 Å². The summed E-state index contributed by atoms with van der Waals surface area (Å²) in [5.41, 5.74) is 1.92. The summed E-state index contributed by atoms with van der Waals surface area (Å²) in [6.07, 6.45) is 0. The zero-order valence-electron chi connectivity index (χ0n) is 15.8. The number of hydrogen-bond acceptors (Lipinski definition) is 5. The summed E-state index contributed by atoms with van der Waals surface area (Å²) in [6.45, 7) is 3.29. The third-order valence-electron chi connectivity index (χ3n) is 4.40. The van der Waals surface area contributed by atoms with Crippen LogP contribution in [0.5, 0.6) is 11.5 Å². The Morgan fingerprint density at radius 3 is 2.61 bits per heavy atom. The van der Waals surface area contributed by atoms with Gasteiger partial charge in [-0.1, -0.05) is 42.5 Å². The molecule has 0 unspecified atom stereocenters. The fourth-order valence-electron chi connectivity index (χ4n) is 2.86. The lowest BCUT2D eigenvalue weighted by Crippen LogP contribution is -2.40. The number of nitrogens with one attached hydrogen (secondary N) is 1. The zero-order chi connectivity index (χ0) is 19.8. The van der Waals surface area contributed by atoms with Gasteiger partial charge in [0.25, 0.3) is 5.91 Å². The molecule has 2 aromatic carbocycles. The quantitative estimate of drug-likeness (QED) is 0.721. The smallest absolute Gasteiger partial charge is 0.258 e. The molecule has 1 aliphatic rings. The number of methoxy groups -OCH3 is 1. The van der Waals surface area contributed by atoms with Crippen molar-refractivity contribution in [2.24, 2.45) is 0 Å². The zero-order valence-corrected chi connectivity index (χ0v) is 16.7. The summed E-state index contributed by atoms with van der Waals surface area (Å²) in [5, 5.41) is 2.84. The van der Waals surface area contributed by atoms with Crippen molar-refractivity contribution >= 4 is 23.1 Å². The second-order valence-corrected chi connectivity index (χ2v) is 6.71. The fourth-order valence-corrected chi connectivity index (χ4v) is 3.17. The van der Waals surface area contributed by atoms with Crippen molar-refractivity contribution in [1.82, 2.24) is 10.2 Å². The van der Waals surface area contributed by atoms with Gasteiger partial charge in [0.15, 0.2) is 18.1 Å². The minimum absolute atomic E-state index is 0.0869. The van der Waals surface area contributed by atoms with Gasteiger partial charge in [-0.3, -0.25) is 4.79 Å². The van der Waals surface area contributed by atoms with Crippen LogP contribution in [0.15, 0.2) is 48.5 Å². The number of benzene rings is 2. The topological polar surface area (TPSA) is 60.0 Å². The van der Waals surface area contributed by atoms with Crippen molar-refractivity contribution in [3.05, 3.63) is 59.7 Å². The van der Waals surface area contributed by atoms with Gasteiger partial charge in [0.1, 0.15) is 4.99 Å². The van der Waals surface area contributed by atoms with Crippen LogP contribution < -0.4 is 14.8 Å². The number of rotatable bonds is 7. The molecule has 3 rings (SSSR count). The van der Waals surface area contributed by atoms with Crippen LogP contribution in [-0.4, -0.2) is 55.8 Å². The molecule has 0 radical (unpaired) electrons. The summed E-state index contributed by atoms with van der Waals surface area (Å²) in [6, 6.07) is 15.2. The van der Waals surface area contributed by atoms with Gasteiger partial charge in [0.2, 0.25) is 0 Å². The van der Waals surface area contributed by atoms with E-state index in [0.717, 1.165) is 29.2 Å². The van der Waals surface area contributed by atoms with Crippen molar-refractivity contribution < 1.29 is 19.0 Å². The Morgan fingerprint density at radius 2 is 1.89 bits per heavy atom. The average Bonchev–Trinajstić information content (AvgIpc) is 2.77. The van der Waals surface area contributed by atoms with Crippen LogP contribution >= 0.6 is 12.2 Å². The summed E-state index contributed by atoms with van der Waals surface area (Å²) < 4.78 is 16.4. The first-order valence-corrected chi connectivity index (χ1v) is 9.56. The molecular weight excluding hydrogens is 376 g/mol. The van der Waals surface area contributed by atoms with Crippen LogP contribution in [0.25, 0.3) is 0 Å². The lowest BCUT2D eigenvalue weighted by Gasteiger charge is -2.29. The van der Waals surface area contributed by atoms with E-state index in [9.17, 15) is 4.79 Å². The SMILES string of the molecule is COc1cc(C(=S)N2CCOCC2)ccc1OCC(=O)NCc1ccccc1. The molecule has 28 heavy (non-hydrogen) atoms. The van der Waals surface area contributed by atoms with Gasteiger partial charge in [-0.15, -0.1) is 0 Å². The van der Waals surface area contributed by atoms with Gasteiger partial charge < -0.3 is 24.4 Å². The monoisotopic (exact) mass is 400 g/mol. The highest BCUT2D eigenvalue weighted by Gasteiger charge is 2.17. The van der Waals surface area contributed by atoms with Crippen LogP contribution in [0, 0.1) is 0 Å². The van der Waals surface area contributed by atoms with Gasteiger partial charge in [0, 0.05) is 25.2 Å². The first-order chi connectivity index (χ1) is 13.7. The van der Waals surface area contributed by atoms with Crippen molar-refractivity contribution in [3.8, 4) is 11.5 Å². The second kappa shape index (κ2) is 10.1. The molecule has 0 spiro atoms. The van der Waals surface area contributed by atoms with Gasteiger partial charge in [0.05, 0.1) is 20.3 Å². The lowest BCUT2D eigenvalue weighted by atomic mass is 10.1. The van der Waals surface area contributed by atoms with E-state index in [1.165, 1.54) is 0 Å². The molecule has 148 valence electrons. The van der Waals surface area contributed by atoms with E-state index in [1.807, 2.05) is 42.5 Å². The lowest BCUT2D eigenvalue weighted by molar-refractivity contribution is -0.123. The maximum Gasteiger partial charge on any atom is 0.258 e. The van der Waals surface area contributed by atoms with Gasteiger partial charge in [-0.2, -0.15) is 0 Å². The van der Waals surface area contributed by atoms with Crippen LogP contribution in [0.1, 0.15) is 11.1 Å². The van der Waals surface area contributed by atoms with Crippen molar-refractivity contribution in [3.63, 3.8) is 0 Å². The maximum absolute atomic E-state index is 12.1. The molecule has 2 aromatic rings. The maximum atomic E-state index is 12.1. The molecule has 0 atom stereocenters. The molecule has 1 N–H and O–H groups in total. The van der Waals surface area contributed by atoms with Gasteiger partial charge in [-0.05, 0) is 23.8 Å². The van der Waals surface area contributed by atoms with E-state index >= 15 is 0 Å². The summed E-state index contributed by atoms with van der Waals surface area (Å²) in [5.74, 6) is 0.855. The highest BCUT2D eigenvalue weighted by atomic mass is 32.1. The minimum Gasteiger partial charge on any atom is -0.493 e. The molecule has 1 amide bonds. The van der Waals surface area contributed by atoms with E-state index < -0.39 is 0 Å². The molecule has 7 heteroatoms. The molecule has 0 saturated carbocycles. The minimum atomic E-state index is -0.196. The Bertz CT molecular complexity index is 807. The standard InChI is InChI=1S/C21H24N2O4S/c1-25-19-13-17(21(28)23-9-11-26-12-10-23)7-8-18(19)27-15-20(24)22-14-16-5-3-2-4-6-16/h2-8,13H,9-12,14-15H2,1H3,(H,22,24). The largest absolute Gasteiger partial charge is 0.493 e. The third-order valence-corrected chi connectivity index (χ3v) is 4.89. The number of carbonyl (C=O) groups excluding carboxylic acids is 1. The Hall–Kier alpha value is -2.64. The molecule has 6 nitrogen and oxygen atoms in total. The summed E-state index contributed by atoms with van der Waals surface area (Å²) in [7, 11) is 1.57. The highest BCUT2D eigenvalue weighted by molar-refractivity contribution is 7.80. The van der Waals surface area contributed by atoms with E-state index in [4.69, 9.17) is 26.4 Å². The van der Waals surface area contributed by atoms with Crippen molar-refractivity contribution in [2.75, 3.05) is 40.0 Å². The average molecular weight is 401 g/mol. The van der Waals surface area contributed by atoms with Crippen molar-refractivity contribution in [1.29, 1.82) is 0 Å². The molecule has 1 saturated heterocycles. The Kier molecular flexibility index (Phi) is 7.22.